The van der Waals surface area contributed by atoms with Crippen LogP contribution in [0.2, 0.25) is 0 Å². The second-order valence-electron chi connectivity index (χ2n) is 20.2. The Morgan fingerprint density at radius 1 is 0.456 bits per heavy atom. The van der Waals surface area contributed by atoms with E-state index in [1.54, 1.807) is 0 Å². The third-order valence-electron chi connectivity index (χ3n) is 12.3. The molecule has 0 aliphatic heterocycles. The first-order chi connectivity index (χ1) is 33.1. The van der Waals surface area contributed by atoms with Crippen molar-refractivity contribution in [2.24, 2.45) is 0 Å². The van der Waals surface area contributed by atoms with Crippen LogP contribution >= 0.6 is 0 Å². The Bertz CT molecular complexity index is 1250. The monoisotopic (exact) mass is 958 g/mol. The summed E-state index contributed by atoms with van der Waals surface area (Å²) in [7, 11) is 5.92. The van der Waals surface area contributed by atoms with Crippen LogP contribution in [0.5, 0.6) is 0 Å². The SMILES string of the molecule is CC/C=C\C/C=C\C/C=C\C/C=C\CCCCCCCCCCCCCCCCCCC(=O)OC(COC(=O)CCCCCCCCCCCCCCCC)COC(OCC[N+](C)(C)C)C(=O)[O-]. The summed E-state index contributed by atoms with van der Waals surface area (Å²) in [5, 5.41) is 11.7. The zero-order valence-electron chi connectivity index (χ0n) is 45.0. The lowest BCUT2D eigenvalue weighted by Crippen LogP contribution is -2.44. The average molecular weight is 959 g/mol. The topological polar surface area (TPSA) is 111 Å². The standard InChI is InChI=1S/C59H107NO8/c1-6-8-10-12-14-16-18-20-22-23-24-25-26-27-28-29-30-31-32-33-34-35-36-38-40-42-44-46-48-50-57(62)68-55(54-67-59(58(63)64)65-52-51-60(3,4)5)53-66-56(61)49-47-45-43-41-39-37-21-19-17-15-13-11-9-7-2/h8,10,14,16,20,22,24-25,55,59H,6-7,9,11-13,15,17-19,21,23,26-54H2,1-5H3/b10-8-,16-14-,22-20-,25-24-. The molecule has 0 N–H and O–H groups in total. The van der Waals surface area contributed by atoms with Gasteiger partial charge in [-0.15, -0.1) is 0 Å². The van der Waals surface area contributed by atoms with Crippen molar-refractivity contribution < 1.29 is 42.9 Å². The van der Waals surface area contributed by atoms with Gasteiger partial charge in [0.15, 0.2) is 12.4 Å². The van der Waals surface area contributed by atoms with Gasteiger partial charge in [-0.05, 0) is 51.4 Å². The maximum absolute atomic E-state index is 12.8. The third-order valence-corrected chi connectivity index (χ3v) is 12.3. The van der Waals surface area contributed by atoms with Crippen LogP contribution in [0.25, 0.3) is 0 Å². The number of quaternary nitrogens is 1. The normalized spacial score (nSPS) is 13.1. The summed E-state index contributed by atoms with van der Waals surface area (Å²) in [5.41, 5.74) is 0. The minimum absolute atomic E-state index is 0.149. The number of hydrogen-bond acceptors (Lipinski definition) is 8. The van der Waals surface area contributed by atoms with Crippen molar-refractivity contribution in [1.29, 1.82) is 0 Å². The van der Waals surface area contributed by atoms with E-state index in [0.717, 1.165) is 57.8 Å². The summed E-state index contributed by atoms with van der Waals surface area (Å²) >= 11 is 0. The number of carboxylic acid groups (broad SMARTS) is 1. The van der Waals surface area contributed by atoms with Crippen molar-refractivity contribution in [1.82, 2.24) is 0 Å². The number of carbonyl (C=O) groups is 3. The molecule has 0 amide bonds. The molecule has 0 spiro atoms. The largest absolute Gasteiger partial charge is 0.545 e. The number of ether oxygens (including phenoxy) is 4. The van der Waals surface area contributed by atoms with Crippen LogP contribution in [0.1, 0.15) is 251 Å². The van der Waals surface area contributed by atoms with Gasteiger partial charge in [0, 0.05) is 12.8 Å². The number of nitrogens with zero attached hydrogens (tertiary/aromatic N) is 1. The average Bonchev–Trinajstić information content (AvgIpc) is 3.30. The molecule has 2 unspecified atom stereocenters. The fourth-order valence-electron chi connectivity index (χ4n) is 8.00. The fraction of sp³-hybridized carbons (Fsp3) is 0.814. The van der Waals surface area contributed by atoms with Crippen molar-refractivity contribution in [3.8, 4) is 0 Å². The van der Waals surface area contributed by atoms with Gasteiger partial charge in [0.05, 0.1) is 40.3 Å². The highest BCUT2D eigenvalue weighted by Crippen LogP contribution is 2.17. The van der Waals surface area contributed by atoms with Crippen LogP contribution in [0.3, 0.4) is 0 Å². The summed E-state index contributed by atoms with van der Waals surface area (Å²) in [6.07, 6.45) is 58.7. The molecule has 0 radical (unpaired) electrons. The number of rotatable bonds is 52. The van der Waals surface area contributed by atoms with Gasteiger partial charge in [-0.3, -0.25) is 9.59 Å². The van der Waals surface area contributed by atoms with Gasteiger partial charge in [0.1, 0.15) is 13.2 Å². The quantitative estimate of drug-likeness (QED) is 0.0195. The Balaban J connectivity index is 4.15. The van der Waals surface area contributed by atoms with E-state index in [2.05, 4.69) is 62.5 Å². The van der Waals surface area contributed by atoms with E-state index in [1.807, 2.05) is 21.1 Å². The van der Waals surface area contributed by atoms with Crippen molar-refractivity contribution in [2.75, 3.05) is 47.5 Å². The van der Waals surface area contributed by atoms with Crippen molar-refractivity contribution >= 4 is 17.9 Å². The second-order valence-corrected chi connectivity index (χ2v) is 20.2. The van der Waals surface area contributed by atoms with Gasteiger partial charge in [-0.1, -0.05) is 236 Å². The maximum atomic E-state index is 12.8. The molecule has 9 nitrogen and oxygen atoms in total. The smallest absolute Gasteiger partial charge is 0.306 e. The lowest BCUT2D eigenvalue weighted by Gasteiger charge is -2.26. The van der Waals surface area contributed by atoms with E-state index >= 15 is 0 Å². The molecule has 0 bridgehead atoms. The molecule has 0 rings (SSSR count). The van der Waals surface area contributed by atoms with E-state index in [0.29, 0.717) is 23.9 Å². The van der Waals surface area contributed by atoms with Crippen LogP contribution in [0.4, 0.5) is 0 Å². The van der Waals surface area contributed by atoms with Crippen molar-refractivity contribution in [3.63, 3.8) is 0 Å². The lowest BCUT2D eigenvalue weighted by molar-refractivity contribution is -0.870. The Kier molecular flexibility index (Phi) is 48.6. The van der Waals surface area contributed by atoms with Crippen LogP contribution in [0, 0.1) is 0 Å². The third kappa shape index (κ3) is 51.1. The van der Waals surface area contributed by atoms with Gasteiger partial charge in [-0.2, -0.15) is 0 Å². The number of carbonyl (C=O) groups excluding carboxylic acids is 3. The van der Waals surface area contributed by atoms with Gasteiger partial charge in [0.25, 0.3) is 0 Å². The number of aliphatic carboxylic acids is 1. The van der Waals surface area contributed by atoms with Crippen molar-refractivity contribution in [3.05, 3.63) is 48.6 Å². The van der Waals surface area contributed by atoms with Crippen molar-refractivity contribution in [2.45, 2.75) is 264 Å². The molecule has 68 heavy (non-hydrogen) atoms. The lowest BCUT2D eigenvalue weighted by atomic mass is 10.0. The molecule has 9 heteroatoms. The highest BCUT2D eigenvalue weighted by Gasteiger charge is 2.22. The van der Waals surface area contributed by atoms with Gasteiger partial charge in [0.2, 0.25) is 0 Å². The summed E-state index contributed by atoms with van der Waals surface area (Å²) in [5.74, 6) is -2.27. The molecule has 0 aromatic rings. The molecule has 0 aliphatic carbocycles. The number of esters is 2. The van der Waals surface area contributed by atoms with Crippen LogP contribution < -0.4 is 5.11 Å². The number of hydrogen-bond donors (Lipinski definition) is 0. The first-order valence-corrected chi connectivity index (χ1v) is 28.3. The number of unbranched alkanes of at least 4 members (excludes halogenated alkanes) is 29. The summed E-state index contributed by atoms with van der Waals surface area (Å²) in [6, 6.07) is 0. The van der Waals surface area contributed by atoms with E-state index in [9.17, 15) is 19.5 Å². The molecule has 0 heterocycles. The van der Waals surface area contributed by atoms with E-state index in [4.69, 9.17) is 18.9 Å². The molecule has 0 aliphatic rings. The van der Waals surface area contributed by atoms with Crippen LogP contribution in [-0.4, -0.2) is 82.3 Å². The van der Waals surface area contributed by atoms with Gasteiger partial charge in [-0.25, -0.2) is 0 Å². The summed E-state index contributed by atoms with van der Waals surface area (Å²) in [4.78, 5) is 37.2. The summed E-state index contributed by atoms with van der Waals surface area (Å²) < 4.78 is 22.7. The predicted octanol–water partition coefficient (Wildman–Crippen LogP) is 15.0. The molecule has 0 aromatic heterocycles. The second kappa shape index (κ2) is 50.6. The van der Waals surface area contributed by atoms with Crippen LogP contribution in [0.15, 0.2) is 48.6 Å². The number of allylic oxidation sites excluding steroid dienone is 8. The highest BCUT2D eigenvalue weighted by molar-refractivity contribution is 5.70. The highest BCUT2D eigenvalue weighted by atomic mass is 16.7. The Morgan fingerprint density at radius 2 is 0.838 bits per heavy atom. The van der Waals surface area contributed by atoms with E-state index in [1.165, 1.54) is 161 Å². The zero-order chi connectivity index (χ0) is 49.9. The van der Waals surface area contributed by atoms with E-state index < -0.39 is 24.3 Å². The fourth-order valence-corrected chi connectivity index (χ4v) is 8.00. The molecule has 2 atom stereocenters. The van der Waals surface area contributed by atoms with Gasteiger partial charge < -0.3 is 33.3 Å². The molecule has 0 fully saturated rings. The first kappa shape index (κ1) is 65.2. The van der Waals surface area contributed by atoms with Crippen LogP contribution in [-0.2, 0) is 33.3 Å². The summed E-state index contributed by atoms with van der Waals surface area (Å²) in [6.45, 7) is 4.66. The zero-order valence-corrected chi connectivity index (χ0v) is 45.0. The first-order valence-electron chi connectivity index (χ1n) is 28.3. The predicted molar refractivity (Wildman–Crippen MR) is 283 cm³/mol. The van der Waals surface area contributed by atoms with E-state index in [-0.39, 0.29) is 32.2 Å². The Labute approximate surface area is 419 Å². The number of carboxylic acids is 1. The van der Waals surface area contributed by atoms with Gasteiger partial charge >= 0.3 is 11.9 Å². The molecule has 0 saturated carbocycles. The minimum Gasteiger partial charge on any atom is -0.545 e. The Morgan fingerprint density at radius 3 is 1.25 bits per heavy atom. The Hall–Kier alpha value is -2.75. The molecule has 0 aromatic carbocycles. The minimum atomic E-state index is -1.62. The molecular formula is C59H107NO8. The number of likely N-dealkylation sites (N-methyl/N-ethyl adjacent to an activating group) is 1. The molecule has 396 valence electrons. The molecular weight excluding hydrogens is 851 g/mol. The maximum Gasteiger partial charge on any atom is 0.306 e. The molecule has 0 saturated heterocycles.